The lowest BCUT2D eigenvalue weighted by Crippen LogP contribution is -2.18. The van der Waals surface area contributed by atoms with E-state index in [2.05, 4.69) is 45.8 Å². The summed E-state index contributed by atoms with van der Waals surface area (Å²) < 4.78 is 4.51. The quantitative estimate of drug-likeness (QED) is 0.588. The summed E-state index contributed by atoms with van der Waals surface area (Å²) in [6.07, 6.45) is 4.34. The third-order valence-corrected chi connectivity index (χ3v) is 3.83. The standard InChI is InChI=1S/C16H12ClN2/c17-14-4-6-15(7-5-14)19-10-13-3-1-2-12-8-9-18(11-19)16(12)13/h1-10H,11H2/q+1. The number of hydrogen-bond donors (Lipinski definition) is 0. The Morgan fingerprint density at radius 1 is 1.00 bits per heavy atom. The summed E-state index contributed by atoms with van der Waals surface area (Å²) in [6.45, 7) is 0.835. The van der Waals surface area contributed by atoms with E-state index in [9.17, 15) is 0 Å². The molecule has 2 heterocycles. The molecule has 0 amide bonds. The maximum absolute atomic E-state index is 5.95. The Hall–Kier alpha value is -2.06. The molecule has 3 aromatic rings. The molecule has 0 fully saturated rings. The predicted molar refractivity (Wildman–Crippen MR) is 78.5 cm³/mol. The molecule has 3 heteroatoms. The van der Waals surface area contributed by atoms with Crippen molar-refractivity contribution in [1.82, 2.24) is 4.57 Å². The Balaban J connectivity index is 1.89. The lowest BCUT2D eigenvalue weighted by molar-refractivity contribution is -0.471. The Morgan fingerprint density at radius 2 is 1.84 bits per heavy atom. The van der Waals surface area contributed by atoms with E-state index in [1.165, 1.54) is 16.5 Å². The van der Waals surface area contributed by atoms with E-state index in [0.29, 0.717) is 0 Å². The second-order valence-corrected chi connectivity index (χ2v) is 5.22. The number of nitrogens with zero attached hydrogens (tertiary/aromatic N) is 2. The Bertz CT molecular complexity index is 797. The second kappa shape index (κ2) is 3.97. The van der Waals surface area contributed by atoms with Gasteiger partial charge in [-0.15, -0.1) is 0 Å². The van der Waals surface area contributed by atoms with Crippen molar-refractivity contribution in [2.24, 2.45) is 0 Å². The summed E-state index contributed by atoms with van der Waals surface area (Å²) in [4.78, 5) is 0. The average molecular weight is 268 g/mol. The van der Waals surface area contributed by atoms with Gasteiger partial charge in [0, 0.05) is 28.7 Å². The van der Waals surface area contributed by atoms with Gasteiger partial charge in [0.25, 0.3) is 0 Å². The van der Waals surface area contributed by atoms with Crippen LogP contribution < -0.4 is 0 Å². The highest BCUT2D eigenvalue weighted by molar-refractivity contribution is 6.30. The first-order valence-corrected chi connectivity index (χ1v) is 6.64. The molecule has 19 heavy (non-hydrogen) atoms. The van der Waals surface area contributed by atoms with Gasteiger partial charge < -0.3 is 0 Å². The molecule has 0 saturated heterocycles. The second-order valence-electron chi connectivity index (χ2n) is 4.79. The van der Waals surface area contributed by atoms with Crippen LogP contribution in [0.5, 0.6) is 0 Å². The number of halogens is 1. The number of rotatable bonds is 1. The minimum Gasteiger partial charge on any atom is -0.291 e. The summed E-state index contributed by atoms with van der Waals surface area (Å²) in [5.41, 5.74) is 3.72. The van der Waals surface area contributed by atoms with Gasteiger partial charge in [-0.3, -0.25) is 4.57 Å². The molecule has 0 N–H and O–H groups in total. The van der Waals surface area contributed by atoms with Crippen LogP contribution in [0.15, 0.2) is 54.7 Å². The molecule has 4 rings (SSSR count). The highest BCUT2D eigenvalue weighted by Gasteiger charge is 2.19. The normalized spacial score (nSPS) is 13.6. The molecule has 0 atom stereocenters. The van der Waals surface area contributed by atoms with E-state index in [0.717, 1.165) is 17.4 Å². The van der Waals surface area contributed by atoms with E-state index < -0.39 is 0 Å². The summed E-state index contributed by atoms with van der Waals surface area (Å²) in [6, 6.07) is 16.5. The van der Waals surface area contributed by atoms with Crippen molar-refractivity contribution in [2.75, 3.05) is 0 Å². The largest absolute Gasteiger partial charge is 0.291 e. The van der Waals surface area contributed by atoms with Gasteiger partial charge in [0.2, 0.25) is 12.4 Å². The van der Waals surface area contributed by atoms with Gasteiger partial charge in [0.1, 0.15) is 0 Å². The van der Waals surface area contributed by atoms with Crippen LogP contribution in [0.25, 0.3) is 10.9 Å². The van der Waals surface area contributed by atoms with Gasteiger partial charge in [-0.25, -0.2) is 0 Å². The zero-order chi connectivity index (χ0) is 12.8. The Morgan fingerprint density at radius 3 is 2.68 bits per heavy atom. The van der Waals surface area contributed by atoms with Crippen LogP contribution in [0, 0.1) is 0 Å². The van der Waals surface area contributed by atoms with Crippen LogP contribution in [-0.4, -0.2) is 15.4 Å². The summed E-state index contributed by atoms with van der Waals surface area (Å²) in [5, 5.41) is 2.06. The maximum Gasteiger partial charge on any atom is 0.228 e. The van der Waals surface area contributed by atoms with Gasteiger partial charge in [0.05, 0.1) is 11.1 Å². The summed E-state index contributed by atoms with van der Waals surface area (Å²) in [5.74, 6) is 0. The molecule has 2 nitrogen and oxygen atoms in total. The van der Waals surface area contributed by atoms with Gasteiger partial charge >= 0.3 is 0 Å². The number of benzene rings is 2. The monoisotopic (exact) mass is 267 g/mol. The van der Waals surface area contributed by atoms with Gasteiger partial charge in [-0.2, -0.15) is 4.58 Å². The number of para-hydroxylation sites is 1. The summed E-state index contributed by atoms with van der Waals surface area (Å²) >= 11 is 5.95. The van der Waals surface area contributed by atoms with Crippen molar-refractivity contribution < 1.29 is 4.58 Å². The highest BCUT2D eigenvalue weighted by atomic mass is 35.5. The first kappa shape index (κ1) is 10.8. The molecule has 1 aromatic heterocycles. The summed E-state index contributed by atoms with van der Waals surface area (Å²) in [7, 11) is 0. The lowest BCUT2D eigenvalue weighted by Gasteiger charge is -2.12. The minimum atomic E-state index is 0.768. The average Bonchev–Trinajstić information content (AvgIpc) is 2.85. The first-order valence-electron chi connectivity index (χ1n) is 6.26. The van der Waals surface area contributed by atoms with Crippen molar-refractivity contribution in [3.05, 3.63) is 65.3 Å². The zero-order valence-electron chi connectivity index (χ0n) is 10.3. The fraction of sp³-hybridized carbons (Fsp3) is 0.0625. The van der Waals surface area contributed by atoms with Crippen LogP contribution in [0.2, 0.25) is 5.02 Å². The molecular weight excluding hydrogens is 256 g/mol. The van der Waals surface area contributed by atoms with Gasteiger partial charge in [0.15, 0.2) is 6.21 Å². The first-order chi connectivity index (χ1) is 9.31. The van der Waals surface area contributed by atoms with Crippen LogP contribution in [0.4, 0.5) is 5.69 Å². The maximum atomic E-state index is 5.95. The molecular formula is C16H12ClN2+. The predicted octanol–water partition coefficient (Wildman–Crippen LogP) is 4.03. The van der Waals surface area contributed by atoms with E-state index >= 15 is 0 Å². The topological polar surface area (TPSA) is 7.94 Å². The van der Waals surface area contributed by atoms with Crippen molar-refractivity contribution in [3.8, 4) is 0 Å². The Kier molecular flexibility index (Phi) is 2.26. The SMILES string of the molecule is Clc1ccc([N+]2=Cc3cccc4ccn(c34)C2)cc1. The molecule has 0 aliphatic carbocycles. The van der Waals surface area contributed by atoms with Gasteiger partial charge in [-0.1, -0.05) is 23.7 Å². The molecule has 1 aliphatic rings. The van der Waals surface area contributed by atoms with Crippen molar-refractivity contribution in [2.45, 2.75) is 6.67 Å². The van der Waals surface area contributed by atoms with E-state index in [-0.39, 0.29) is 0 Å². The van der Waals surface area contributed by atoms with Crippen molar-refractivity contribution in [1.29, 1.82) is 0 Å². The van der Waals surface area contributed by atoms with E-state index in [4.69, 9.17) is 11.6 Å². The van der Waals surface area contributed by atoms with Crippen LogP contribution in [-0.2, 0) is 6.67 Å². The molecule has 0 bridgehead atoms. The number of aromatic nitrogens is 1. The third kappa shape index (κ3) is 1.68. The zero-order valence-corrected chi connectivity index (χ0v) is 11.0. The molecule has 0 unspecified atom stereocenters. The molecule has 0 saturated carbocycles. The molecule has 2 aromatic carbocycles. The van der Waals surface area contributed by atoms with Crippen LogP contribution in [0.3, 0.4) is 0 Å². The van der Waals surface area contributed by atoms with Crippen molar-refractivity contribution >= 4 is 34.4 Å². The van der Waals surface area contributed by atoms with E-state index in [1.54, 1.807) is 0 Å². The molecule has 0 radical (unpaired) electrons. The fourth-order valence-electron chi connectivity index (χ4n) is 2.67. The van der Waals surface area contributed by atoms with E-state index in [1.807, 2.05) is 24.3 Å². The minimum absolute atomic E-state index is 0.768. The molecule has 1 aliphatic heterocycles. The Labute approximate surface area is 116 Å². The van der Waals surface area contributed by atoms with Crippen LogP contribution >= 0.6 is 11.6 Å². The van der Waals surface area contributed by atoms with Crippen LogP contribution in [0.1, 0.15) is 5.56 Å². The molecule has 92 valence electrons. The smallest absolute Gasteiger partial charge is 0.228 e. The third-order valence-electron chi connectivity index (χ3n) is 3.58. The van der Waals surface area contributed by atoms with Gasteiger partial charge in [-0.05, 0) is 24.3 Å². The molecule has 0 spiro atoms. The van der Waals surface area contributed by atoms with Crippen molar-refractivity contribution in [3.63, 3.8) is 0 Å². The highest BCUT2D eigenvalue weighted by Crippen LogP contribution is 2.25. The fourth-order valence-corrected chi connectivity index (χ4v) is 2.80. The number of hydrogen-bond acceptors (Lipinski definition) is 0. The lowest BCUT2D eigenvalue weighted by atomic mass is 10.1.